The van der Waals surface area contributed by atoms with Crippen LogP contribution in [0.2, 0.25) is 0 Å². The van der Waals surface area contributed by atoms with E-state index in [1.807, 2.05) is 13.0 Å². The lowest BCUT2D eigenvalue weighted by atomic mass is 10.1. The van der Waals surface area contributed by atoms with E-state index in [0.717, 1.165) is 11.6 Å². The fourth-order valence-electron chi connectivity index (χ4n) is 3.36. The summed E-state index contributed by atoms with van der Waals surface area (Å²) in [6, 6.07) is 8.70. The number of nitrogens with one attached hydrogen (secondary N) is 1. The van der Waals surface area contributed by atoms with Gasteiger partial charge in [-0.25, -0.2) is 18.2 Å². The van der Waals surface area contributed by atoms with Gasteiger partial charge in [-0.15, -0.1) is 0 Å². The Hall–Kier alpha value is -3.69. The van der Waals surface area contributed by atoms with Crippen LogP contribution in [0.1, 0.15) is 31.7 Å². The number of nitrogens with zero attached hydrogens (tertiary/aromatic N) is 3. The van der Waals surface area contributed by atoms with Crippen molar-refractivity contribution >= 4 is 34.8 Å². The number of hydrazone groups is 1. The van der Waals surface area contributed by atoms with Crippen molar-refractivity contribution in [2.24, 2.45) is 5.10 Å². The lowest BCUT2D eigenvalue weighted by Gasteiger charge is -2.27. The standard InChI is InChI=1S/C23H23F3N4O3/c1-3-11-29(13-19(31)27-17-8-7-16(24)21(25)22(17)26)23(33)18-9-10-20(32)30(28-18)15-6-4-5-14(2)12-15/h4-8,12H,3,9-11,13H2,1-2H3,(H,27,31). The number of halogens is 3. The first kappa shape index (κ1) is 24.0. The molecule has 1 heterocycles. The van der Waals surface area contributed by atoms with E-state index in [9.17, 15) is 27.6 Å². The van der Waals surface area contributed by atoms with E-state index in [4.69, 9.17) is 0 Å². The normalized spacial score (nSPS) is 13.5. The number of hydrogen-bond acceptors (Lipinski definition) is 4. The van der Waals surface area contributed by atoms with Crippen LogP contribution < -0.4 is 10.3 Å². The largest absolute Gasteiger partial charge is 0.328 e. The van der Waals surface area contributed by atoms with Gasteiger partial charge in [0.25, 0.3) is 5.91 Å². The quantitative estimate of drug-likeness (QED) is 0.639. The van der Waals surface area contributed by atoms with Gasteiger partial charge in [0.2, 0.25) is 11.8 Å². The van der Waals surface area contributed by atoms with Gasteiger partial charge in [-0.2, -0.15) is 5.10 Å². The van der Waals surface area contributed by atoms with Crippen LogP contribution in [0, 0.1) is 24.4 Å². The molecule has 0 spiro atoms. The van der Waals surface area contributed by atoms with Crippen LogP contribution in [0.15, 0.2) is 41.5 Å². The summed E-state index contributed by atoms with van der Waals surface area (Å²) in [5.74, 6) is -6.19. The Morgan fingerprint density at radius 1 is 1.12 bits per heavy atom. The maximum Gasteiger partial charge on any atom is 0.270 e. The van der Waals surface area contributed by atoms with Crippen molar-refractivity contribution < 1.29 is 27.6 Å². The van der Waals surface area contributed by atoms with Gasteiger partial charge in [0.1, 0.15) is 12.3 Å². The van der Waals surface area contributed by atoms with Crippen LogP contribution in [0.4, 0.5) is 24.5 Å². The number of aryl methyl sites for hydroxylation is 1. The fourth-order valence-corrected chi connectivity index (χ4v) is 3.36. The highest BCUT2D eigenvalue weighted by Gasteiger charge is 2.29. The van der Waals surface area contributed by atoms with Crippen molar-refractivity contribution in [2.75, 3.05) is 23.4 Å². The minimum atomic E-state index is -1.70. The Balaban J connectivity index is 1.77. The van der Waals surface area contributed by atoms with E-state index in [0.29, 0.717) is 18.2 Å². The summed E-state index contributed by atoms with van der Waals surface area (Å²) >= 11 is 0. The summed E-state index contributed by atoms with van der Waals surface area (Å²) in [4.78, 5) is 39.1. The summed E-state index contributed by atoms with van der Waals surface area (Å²) in [7, 11) is 0. The van der Waals surface area contributed by atoms with Crippen molar-refractivity contribution in [1.82, 2.24) is 4.90 Å². The van der Waals surface area contributed by atoms with Gasteiger partial charge in [-0.3, -0.25) is 14.4 Å². The number of anilines is 2. The van der Waals surface area contributed by atoms with Gasteiger partial charge < -0.3 is 10.2 Å². The maximum absolute atomic E-state index is 13.9. The Kier molecular flexibility index (Phi) is 7.47. The number of rotatable bonds is 7. The summed E-state index contributed by atoms with van der Waals surface area (Å²) in [5, 5.41) is 7.56. The summed E-state index contributed by atoms with van der Waals surface area (Å²) in [6.07, 6.45) is 0.705. The topological polar surface area (TPSA) is 82.1 Å². The molecule has 1 aliphatic rings. The smallest absolute Gasteiger partial charge is 0.270 e. The molecular weight excluding hydrogens is 437 g/mol. The summed E-state index contributed by atoms with van der Waals surface area (Å²) in [5.41, 5.74) is 1.02. The highest BCUT2D eigenvalue weighted by molar-refractivity contribution is 6.40. The minimum Gasteiger partial charge on any atom is -0.328 e. The van der Waals surface area contributed by atoms with Gasteiger partial charge in [0, 0.05) is 19.4 Å². The molecule has 1 N–H and O–H groups in total. The molecule has 1 aliphatic heterocycles. The lowest BCUT2D eigenvalue weighted by molar-refractivity contribution is -0.129. The van der Waals surface area contributed by atoms with Crippen LogP contribution in [-0.4, -0.2) is 41.4 Å². The molecule has 2 aromatic carbocycles. The zero-order chi connectivity index (χ0) is 24.1. The zero-order valence-corrected chi connectivity index (χ0v) is 18.2. The molecular formula is C23H23F3N4O3. The molecule has 3 amide bonds. The Labute approximate surface area is 188 Å². The van der Waals surface area contributed by atoms with Gasteiger partial charge in [-0.05, 0) is 43.2 Å². The number of hydrogen-bond donors (Lipinski definition) is 1. The Bertz CT molecular complexity index is 1120. The molecule has 0 saturated heterocycles. The average molecular weight is 460 g/mol. The van der Waals surface area contributed by atoms with Crippen LogP contribution in [0.3, 0.4) is 0 Å². The van der Waals surface area contributed by atoms with E-state index >= 15 is 0 Å². The molecule has 174 valence electrons. The second-order valence-electron chi connectivity index (χ2n) is 7.59. The van der Waals surface area contributed by atoms with Crippen molar-refractivity contribution in [3.63, 3.8) is 0 Å². The third-order valence-electron chi connectivity index (χ3n) is 4.95. The number of amides is 3. The molecule has 0 aromatic heterocycles. The van der Waals surface area contributed by atoms with Gasteiger partial charge in [0.05, 0.1) is 11.4 Å². The van der Waals surface area contributed by atoms with Gasteiger partial charge in [0.15, 0.2) is 17.5 Å². The Morgan fingerprint density at radius 2 is 1.88 bits per heavy atom. The van der Waals surface area contributed by atoms with E-state index in [2.05, 4.69) is 10.4 Å². The predicted octanol–water partition coefficient (Wildman–Crippen LogP) is 3.77. The SMILES string of the molecule is CCCN(CC(=O)Nc1ccc(F)c(F)c1F)C(=O)C1=NN(c2cccc(C)c2)C(=O)CC1. The third kappa shape index (κ3) is 5.57. The van der Waals surface area contributed by atoms with E-state index in [1.165, 1.54) is 9.91 Å². The van der Waals surface area contributed by atoms with Crippen LogP contribution in [0.25, 0.3) is 0 Å². The fraction of sp³-hybridized carbons (Fsp3) is 0.304. The molecule has 0 fully saturated rings. The highest BCUT2D eigenvalue weighted by Crippen LogP contribution is 2.22. The van der Waals surface area contributed by atoms with Gasteiger partial charge >= 0.3 is 0 Å². The summed E-state index contributed by atoms with van der Waals surface area (Å²) in [6.45, 7) is 3.41. The first-order valence-corrected chi connectivity index (χ1v) is 10.4. The second kappa shape index (κ2) is 10.3. The third-order valence-corrected chi connectivity index (χ3v) is 4.95. The molecule has 0 unspecified atom stereocenters. The molecule has 0 atom stereocenters. The van der Waals surface area contributed by atoms with Crippen molar-refractivity contribution in [2.45, 2.75) is 33.1 Å². The van der Waals surface area contributed by atoms with Crippen LogP contribution >= 0.6 is 0 Å². The van der Waals surface area contributed by atoms with E-state index in [1.54, 1.807) is 25.1 Å². The van der Waals surface area contributed by atoms with Crippen molar-refractivity contribution in [3.05, 3.63) is 59.4 Å². The first-order valence-electron chi connectivity index (χ1n) is 10.4. The summed E-state index contributed by atoms with van der Waals surface area (Å²) < 4.78 is 40.4. The van der Waals surface area contributed by atoms with Crippen molar-refractivity contribution in [3.8, 4) is 0 Å². The Morgan fingerprint density at radius 3 is 2.58 bits per heavy atom. The average Bonchev–Trinajstić information content (AvgIpc) is 2.79. The predicted molar refractivity (Wildman–Crippen MR) is 117 cm³/mol. The van der Waals surface area contributed by atoms with Crippen LogP contribution in [0.5, 0.6) is 0 Å². The molecule has 3 rings (SSSR count). The van der Waals surface area contributed by atoms with Crippen LogP contribution in [-0.2, 0) is 14.4 Å². The minimum absolute atomic E-state index is 0.0742. The number of benzene rings is 2. The second-order valence-corrected chi connectivity index (χ2v) is 7.59. The molecule has 10 heteroatoms. The molecule has 0 saturated carbocycles. The number of carbonyl (C=O) groups is 3. The van der Waals surface area contributed by atoms with Crippen molar-refractivity contribution in [1.29, 1.82) is 0 Å². The van der Waals surface area contributed by atoms with E-state index in [-0.39, 0.29) is 31.0 Å². The molecule has 33 heavy (non-hydrogen) atoms. The lowest BCUT2D eigenvalue weighted by Crippen LogP contribution is -2.45. The molecule has 0 aliphatic carbocycles. The maximum atomic E-state index is 13.9. The monoisotopic (exact) mass is 460 g/mol. The molecule has 0 bridgehead atoms. The molecule has 2 aromatic rings. The molecule has 0 radical (unpaired) electrons. The first-order chi connectivity index (χ1) is 15.7. The van der Waals surface area contributed by atoms with E-state index < -0.39 is 41.5 Å². The highest BCUT2D eigenvalue weighted by atomic mass is 19.2. The molecule has 7 nitrogen and oxygen atoms in total. The van der Waals surface area contributed by atoms with Gasteiger partial charge in [-0.1, -0.05) is 19.1 Å². The number of carbonyl (C=O) groups excluding carboxylic acids is 3. The zero-order valence-electron chi connectivity index (χ0n) is 18.2.